The molecule has 18 heavy (non-hydrogen) atoms. The Hall–Kier alpha value is -1.54. The molecule has 0 bridgehead atoms. The van der Waals surface area contributed by atoms with Gasteiger partial charge in [-0.3, -0.25) is 4.90 Å². The van der Waals surface area contributed by atoms with Gasteiger partial charge in [0.05, 0.1) is 17.6 Å². The molecule has 5 heteroatoms. The number of likely N-dealkylation sites (tertiary alicyclic amines) is 1. The van der Waals surface area contributed by atoms with Crippen molar-refractivity contribution in [1.29, 1.82) is 5.26 Å². The molecule has 1 aromatic carbocycles. The lowest BCUT2D eigenvalue weighted by atomic mass is 10.1. The molecule has 1 atom stereocenters. The Kier molecular flexibility index (Phi) is 3.58. The highest BCUT2D eigenvalue weighted by molar-refractivity contribution is 5.37. The van der Waals surface area contributed by atoms with E-state index in [2.05, 4.69) is 6.07 Å². The quantitative estimate of drug-likeness (QED) is 0.811. The lowest BCUT2D eigenvalue weighted by molar-refractivity contribution is -0.170. The Morgan fingerprint density at radius 2 is 2.06 bits per heavy atom. The third kappa shape index (κ3) is 2.82. The van der Waals surface area contributed by atoms with E-state index in [1.807, 2.05) is 0 Å². The number of nitriles is 1. The van der Waals surface area contributed by atoms with Crippen molar-refractivity contribution in [2.75, 3.05) is 13.1 Å². The highest BCUT2D eigenvalue weighted by atomic mass is 19.4. The van der Waals surface area contributed by atoms with E-state index in [0.29, 0.717) is 18.7 Å². The van der Waals surface area contributed by atoms with Crippen molar-refractivity contribution in [2.45, 2.75) is 19.1 Å². The van der Waals surface area contributed by atoms with Gasteiger partial charge in [0.1, 0.15) is 0 Å². The van der Waals surface area contributed by atoms with Crippen LogP contribution in [-0.2, 0) is 6.54 Å². The summed E-state index contributed by atoms with van der Waals surface area (Å²) in [6.07, 6.45) is -3.96. The van der Waals surface area contributed by atoms with Crippen LogP contribution in [0.1, 0.15) is 17.5 Å². The van der Waals surface area contributed by atoms with Crippen LogP contribution >= 0.6 is 0 Å². The summed E-state index contributed by atoms with van der Waals surface area (Å²) in [4.78, 5) is 1.76. The highest BCUT2D eigenvalue weighted by Gasteiger charge is 2.43. The van der Waals surface area contributed by atoms with Crippen LogP contribution in [0.3, 0.4) is 0 Å². The molecular formula is C13H13F3N2. The number of hydrogen-bond donors (Lipinski definition) is 0. The smallest absolute Gasteiger partial charge is 0.298 e. The predicted octanol–water partition coefficient (Wildman–Crippen LogP) is 2.94. The van der Waals surface area contributed by atoms with Gasteiger partial charge in [-0.15, -0.1) is 0 Å². The van der Waals surface area contributed by atoms with Gasteiger partial charge >= 0.3 is 6.18 Å². The fourth-order valence-corrected chi connectivity index (χ4v) is 2.25. The van der Waals surface area contributed by atoms with E-state index in [4.69, 9.17) is 5.26 Å². The van der Waals surface area contributed by atoms with Gasteiger partial charge in [0.15, 0.2) is 0 Å². The molecule has 0 aliphatic carbocycles. The zero-order valence-electron chi connectivity index (χ0n) is 9.74. The predicted molar refractivity (Wildman–Crippen MR) is 60.6 cm³/mol. The van der Waals surface area contributed by atoms with Crippen LogP contribution in [0.15, 0.2) is 24.3 Å². The molecule has 1 aliphatic heterocycles. The van der Waals surface area contributed by atoms with E-state index >= 15 is 0 Å². The minimum absolute atomic E-state index is 0.0310. The van der Waals surface area contributed by atoms with Crippen LogP contribution in [0, 0.1) is 17.2 Å². The number of alkyl halides is 3. The first-order valence-corrected chi connectivity index (χ1v) is 5.78. The molecule has 1 aliphatic rings. The molecule has 1 heterocycles. The number of rotatable bonds is 2. The van der Waals surface area contributed by atoms with E-state index < -0.39 is 12.1 Å². The summed E-state index contributed by atoms with van der Waals surface area (Å²) in [5.74, 6) is -1.23. The van der Waals surface area contributed by atoms with Gasteiger partial charge in [-0.25, -0.2) is 0 Å². The minimum atomic E-state index is -4.11. The Morgan fingerprint density at radius 1 is 1.33 bits per heavy atom. The van der Waals surface area contributed by atoms with Gasteiger partial charge in [-0.05, 0) is 24.6 Å². The first-order valence-electron chi connectivity index (χ1n) is 5.78. The zero-order valence-corrected chi connectivity index (χ0v) is 9.74. The summed E-state index contributed by atoms with van der Waals surface area (Å²) in [5.41, 5.74) is 1.33. The molecule has 1 saturated heterocycles. The average molecular weight is 254 g/mol. The molecule has 0 saturated carbocycles. The van der Waals surface area contributed by atoms with E-state index in [0.717, 1.165) is 5.56 Å². The van der Waals surface area contributed by atoms with Crippen LogP contribution in [0.25, 0.3) is 0 Å². The normalized spacial score (nSPS) is 20.9. The number of nitrogens with zero attached hydrogens (tertiary/aromatic N) is 2. The largest absolute Gasteiger partial charge is 0.393 e. The fraction of sp³-hybridized carbons (Fsp3) is 0.462. The lowest BCUT2D eigenvalue weighted by Gasteiger charge is -2.18. The molecule has 0 aromatic heterocycles. The van der Waals surface area contributed by atoms with Crippen molar-refractivity contribution in [1.82, 2.24) is 4.90 Å². The van der Waals surface area contributed by atoms with E-state index in [1.54, 1.807) is 29.2 Å². The van der Waals surface area contributed by atoms with Gasteiger partial charge in [0.25, 0.3) is 0 Å². The number of benzene rings is 1. The summed E-state index contributed by atoms with van der Waals surface area (Å²) in [6.45, 7) is 0.878. The SMILES string of the molecule is N#Cc1ccccc1CN1CCC(C(F)(F)F)C1. The molecule has 1 unspecified atom stereocenters. The topological polar surface area (TPSA) is 27.0 Å². The maximum atomic E-state index is 12.5. The van der Waals surface area contributed by atoms with Crippen LogP contribution in [0.2, 0.25) is 0 Å². The maximum absolute atomic E-state index is 12.5. The molecule has 96 valence electrons. The van der Waals surface area contributed by atoms with Gasteiger partial charge in [-0.2, -0.15) is 18.4 Å². The molecule has 1 aromatic rings. The van der Waals surface area contributed by atoms with Crippen LogP contribution in [-0.4, -0.2) is 24.2 Å². The fourth-order valence-electron chi connectivity index (χ4n) is 2.25. The average Bonchev–Trinajstić information content (AvgIpc) is 2.78. The zero-order chi connectivity index (χ0) is 13.2. The Balaban J connectivity index is 2.02. The van der Waals surface area contributed by atoms with Gasteiger partial charge < -0.3 is 0 Å². The van der Waals surface area contributed by atoms with Crippen molar-refractivity contribution < 1.29 is 13.2 Å². The Morgan fingerprint density at radius 3 is 2.67 bits per heavy atom. The molecule has 0 N–H and O–H groups in total. The third-order valence-corrected chi connectivity index (χ3v) is 3.27. The molecular weight excluding hydrogens is 241 g/mol. The second kappa shape index (κ2) is 4.99. The summed E-state index contributed by atoms with van der Waals surface area (Å²) in [7, 11) is 0. The van der Waals surface area contributed by atoms with Crippen molar-refractivity contribution >= 4 is 0 Å². The first-order chi connectivity index (χ1) is 8.50. The first kappa shape index (κ1) is 12.9. The van der Waals surface area contributed by atoms with E-state index in [-0.39, 0.29) is 13.0 Å². The van der Waals surface area contributed by atoms with Gasteiger partial charge in [0.2, 0.25) is 0 Å². The Labute approximate surface area is 104 Å². The van der Waals surface area contributed by atoms with E-state index in [9.17, 15) is 13.2 Å². The molecule has 0 spiro atoms. The van der Waals surface area contributed by atoms with Gasteiger partial charge in [-0.1, -0.05) is 18.2 Å². The summed E-state index contributed by atoms with van der Waals surface area (Å²) in [6, 6.07) is 9.09. The molecule has 2 rings (SSSR count). The minimum Gasteiger partial charge on any atom is -0.298 e. The van der Waals surface area contributed by atoms with Crippen LogP contribution < -0.4 is 0 Å². The summed E-state index contributed by atoms with van der Waals surface area (Å²) >= 11 is 0. The summed E-state index contributed by atoms with van der Waals surface area (Å²) < 4.78 is 37.6. The molecule has 0 radical (unpaired) electrons. The van der Waals surface area contributed by atoms with Crippen molar-refractivity contribution in [3.63, 3.8) is 0 Å². The Bertz CT molecular complexity index is 462. The molecule has 1 fully saturated rings. The molecule has 0 amide bonds. The lowest BCUT2D eigenvalue weighted by Crippen LogP contribution is -2.27. The maximum Gasteiger partial charge on any atom is 0.393 e. The van der Waals surface area contributed by atoms with Crippen molar-refractivity contribution in [2.24, 2.45) is 5.92 Å². The second-order valence-corrected chi connectivity index (χ2v) is 4.53. The number of halogens is 3. The highest BCUT2D eigenvalue weighted by Crippen LogP contribution is 2.34. The van der Waals surface area contributed by atoms with Crippen LogP contribution in [0.5, 0.6) is 0 Å². The second-order valence-electron chi connectivity index (χ2n) is 4.53. The van der Waals surface area contributed by atoms with Crippen LogP contribution in [0.4, 0.5) is 13.2 Å². The standard InChI is InChI=1S/C13H13F3N2/c14-13(15,16)12-5-6-18(9-12)8-11-4-2-1-3-10(11)7-17/h1-4,12H,5-6,8-9H2. The number of hydrogen-bond acceptors (Lipinski definition) is 2. The van der Waals surface area contributed by atoms with Crippen molar-refractivity contribution in [3.8, 4) is 6.07 Å². The van der Waals surface area contributed by atoms with E-state index in [1.165, 1.54) is 0 Å². The molecule has 2 nitrogen and oxygen atoms in total. The monoisotopic (exact) mass is 254 g/mol. The summed E-state index contributed by atoms with van der Waals surface area (Å²) in [5, 5.41) is 8.93. The van der Waals surface area contributed by atoms with Gasteiger partial charge in [0, 0.05) is 13.1 Å². The third-order valence-electron chi connectivity index (χ3n) is 3.27. The van der Waals surface area contributed by atoms with Crippen molar-refractivity contribution in [3.05, 3.63) is 35.4 Å².